The molecule has 0 aliphatic heterocycles. The first-order valence-electron chi connectivity index (χ1n) is 5.80. The number of aromatic nitrogens is 1. The van der Waals surface area contributed by atoms with Crippen LogP contribution in [0.5, 0.6) is 0 Å². The minimum absolute atomic E-state index is 0.134. The second kappa shape index (κ2) is 5.71. The van der Waals surface area contributed by atoms with Gasteiger partial charge in [-0.3, -0.25) is 9.78 Å². The van der Waals surface area contributed by atoms with Crippen LogP contribution in [0.1, 0.15) is 15.2 Å². The van der Waals surface area contributed by atoms with Gasteiger partial charge in [0.05, 0.1) is 23.4 Å². The van der Waals surface area contributed by atoms with Gasteiger partial charge in [0.15, 0.2) is 0 Å². The summed E-state index contributed by atoms with van der Waals surface area (Å²) in [5.74, 6) is -0.134. The van der Waals surface area contributed by atoms with Crippen molar-refractivity contribution in [1.82, 2.24) is 10.3 Å². The number of nitrogen functional groups attached to an aromatic ring is 1. The Hall–Kier alpha value is -2.08. The van der Waals surface area contributed by atoms with Crippen molar-refractivity contribution in [2.24, 2.45) is 0 Å². The number of nitrogens with one attached hydrogen (secondary N) is 1. The van der Waals surface area contributed by atoms with Gasteiger partial charge in [-0.25, -0.2) is 0 Å². The lowest BCUT2D eigenvalue weighted by Crippen LogP contribution is -2.22. The Kier molecular flexibility index (Phi) is 4.01. The van der Waals surface area contributed by atoms with Gasteiger partial charge >= 0.3 is 0 Å². The number of rotatable bonds is 4. The number of anilines is 2. The van der Waals surface area contributed by atoms with Crippen LogP contribution >= 0.6 is 11.3 Å². The maximum Gasteiger partial charge on any atom is 0.251 e. The topological polar surface area (TPSA) is 71.2 Å². The summed E-state index contributed by atoms with van der Waals surface area (Å²) in [5, 5.41) is 2.84. The van der Waals surface area contributed by atoms with E-state index in [1.165, 1.54) is 11.3 Å². The average molecular weight is 276 g/mol. The van der Waals surface area contributed by atoms with Crippen LogP contribution in [0.2, 0.25) is 0 Å². The quantitative estimate of drug-likeness (QED) is 0.834. The van der Waals surface area contributed by atoms with Crippen LogP contribution < -0.4 is 16.0 Å². The zero-order valence-corrected chi connectivity index (χ0v) is 11.7. The van der Waals surface area contributed by atoms with E-state index in [0.29, 0.717) is 17.8 Å². The number of benzene rings is 1. The Bertz CT molecular complexity index is 566. The molecule has 1 aromatic carbocycles. The van der Waals surface area contributed by atoms with Gasteiger partial charge < -0.3 is 16.0 Å². The van der Waals surface area contributed by atoms with Crippen LogP contribution in [0, 0.1) is 0 Å². The van der Waals surface area contributed by atoms with E-state index in [0.717, 1.165) is 10.6 Å². The number of amides is 1. The number of nitrogens with zero attached hydrogens (tertiary/aromatic N) is 2. The molecule has 19 heavy (non-hydrogen) atoms. The fourth-order valence-corrected chi connectivity index (χ4v) is 2.24. The van der Waals surface area contributed by atoms with Crippen molar-refractivity contribution >= 4 is 28.6 Å². The Labute approximate surface area is 116 Å². The third kappa shape index (κ3) is 3.23. The minimum atomic E-state index is -0.134. The molecule has 1 amide bonds. The van der Waals surface area contributed by atoms with Gasteiger partial charge in [0.25, 0.3) is 5.91 Å². The molecule has 0 aliphatic rings. The number of nitrogens with two attached hydrogens (primary N) is 1. The predicted octanol–water partition coefficient (Wildman–Crippen LogP) is 1.72. The monoisotopic (exact) mass is 276 g/mol. The highest BCUT2D eigenvalue weighted by molar-refractivity contribution is 7.09. The molecule has 0 spiro atoms. The SMILES string of the molecule is CN(C)c1ccc(C(=O)NCc2cncs2)cc1N. The van der Waals surface area contributed by atoms with Crippen molar-refractivity contribution in [2.45, 2.75) is 6.54 Å². The fourth-order valence-electron chi connectivity index (χ4n) is 1.70. The predicted molar refractivity (Wildman–Crippen MR) is 78.5 cm³/mol. The van der Waals surface area contributed by atoms with Gasteiger partial charge in [0.2, 0.25) is 0 Å². The Morgan fingerprint density at radius 2 is 2.26 bits per heavy atom. The molecular weight excluding hydrogens is 260 g/mol. The smallest absolute Gasteiger partial charge is 0.251 e. The van der Waals surface area contributed by atoms with Gasteiger partial charge in [-0.15, -0.1) is 11.3 Å². The third-order valence-corrected chi connectivity index (χ3v) is 3.46. The van der Waals surface area contributed by atoms with Crippen LogP contribution in [0.15, 0.2) is 29.9 Å². The summed E-state index contributed by atoms with van der Waals surface area (Å²) in [6.45, 7) is 0.485. The van der Waals surface area contributed by atoms with Gasteiger partial charge in [0.1, 0.15) is 0 Å². The zero-order valence-electron chi connectivity index (χ0n) is 10.9. The van der Waals surface area contributed by atoms with E-state index in [9.17, 15) is 4.79 Å². The first kappa shape index (κ1) is 13.4. The highest BCUT2D eigenvalue weighted by Crippen LogP contribution is 2.22. The molecule has 100 valence electrons. The normalized spacial score (nSPS) is 10.2. The zero-order chi connectivity index (χ0) is 13.8. The average Bonchev–Trinajstić information content (AvgIpc) is 2.88. The van der Waals surface area contributed by atoms with Gasteiger partial charge in [-0.05, 0) is 18.2 Å². The standard InChI is InChI=1S/C13H16N4OS/c1-17(2)12-4-3-9(5-11(12)14)13(18)16-7-10-6-15-8-19-10/h3-6,8H,7,14H2,1-2H3,(H,16,18). The van der Waals surface area contributed by atoms with Crippen LogP contribution in [0.25, 0.3) is 0 Å². The van der Waals surface area contributed by atoms with Crippen molar-refractivity contribution in [3.63, 3.8) is 0 Å². The van der Waals surface area contributed by atoms with Crippen molar-refractivity contribution in [3.05, 3.63) is 40.3 Å². The molecule has 0 aliphatic carbocycles. The number of hydrogen-bond acceptors (Lipinski definition) is 5. The van der Waals surface area contributed by atoms with Crippen molar-refractivity contribution < 1.29 is 4.79 Å². The summed E-state index contributed by atoms with van der Waals surface area (Å²) in [7, 11) is 3.82. The Morgan fingerprint density at radius 3 is 2.84 bits per heavy atom. The fraction of sp³-hybridized carbons (Fsp3) is 0.231. The van der Waals surface area contributed by atoms with Crippen molar-refractivity contribution in [1.29, 1.82) is 0 Å². The van der Waals surface area contributed by atoms with E-state index < -0.39 is 0 Å². The molecule has 0 fully saturated rings. The molecule has 2 aromatic rings. The summed E-state index contributed by atoms with van der Waals surface area (Å²) in [6, 6.07) is 5.31. The van der Waals surface area contributed by atoms with Crippen LogP contribution in [0.3, 0.4) is 0 Å². The first-order valence-corrected chi connectivity index (χ1v) is 6.68. The van der Waals surface area contributed by atoms with E-state index in [1.54, 1.807) is 23.8 Å². The van der Waals surface area contributed by atoms with Gasteiger partial charge in [0, 0.05) is 30.7 Å². The van der Waals surface area contributed by atoms with E-state index in [-0.39, 0.29) is 5.91 Å². The molecule has 1 heterocycles. The van der Waals surface area contributed by atoms with Crippen molar-refractivity contribution in [2.75, 3.05) is 24.7 Å². The second-order valence-corrected chi connectivity index (χ2v) is 5.29. The van der Waals surface area contributed by atoms with Gasteiger partial charge in [-0.1, -0.05) is 0 Å². The molecule has 6 heteroatoms. The van der Waals surface area contributed by atoms with E-state index >= 15 is 0 Å². The molecule has 2 rings (SSSR count). The lowest BCUT2D eigenvalue weighted by Gasteiger charge is -2.15. The highest BCUT2D eigenvalue weighted by Gasteiger charge is 2.09. The molecule has 0 radical (unpaired) electrons. The molecule has 0 atom stereocenters. The lowest BCUT2D eigenvalue weighted by atomic mass is 10.1. The van der Waals surface area contributed by atoms with Crippen LogP contribution in [0.4, 0.5) is 11.4 Å². The summed E-state index contributed by atoms with van der Waals surface area (Å²) in [5.41, 5.74) is 9.72. The molecule has 5 nitrogen and oxygen atoms in total. The Balaban J connectivity index is 2.05. The molecule has 0 saturated carbocycles. The lowest BCUT2D eigenvalue weighted by molar-refractivity contribution is 0.0951. The third-order valence-electron chi connectivity index (χ3n) is 2.68. The highest BCUT2D eigenvalue weighted by atomic mass is 32.1. The Morgan fingerprint density at radius 1 is 1.47 bits per heavy atom. The molecular formula is C13H16N4OS. The maximum atomic E-state index is 12.0. The number of carbonyl (C=O) groups is 1. The first-order chi connectivity index (χ1) is 9.08. The van der Waals surface area contributed by atoms with Crippen LogP contribution in [-0.4, -0.2) is 25.0 Å². The number of hydrogen-bond donors (Lipinski definition) is 2. The van der Waals surface area contributed by atoms with E-state index in [2.05, 4.69) is 10.3 Å². The molecule has 0 unspecified atom stereocenters. The summed E-state index contributed by atoms with van der Waals surface area (Å²) in [6.07, 6.45) is 1.74. The molecule has 3 N–H and O–H groups in total. The number of thiazole rings is 1. The number of carbonyl (C=O) groups excluding carboxylic acids is 1. The summed E-state index contributed by atoms with van der Waals surface area (Å²) in [4.78, 5) is 18.9. The minimum Gasteiger partial charge on any atom is -0.397 e. The molecule has 0 bridgehead atoms. The van der Waals surface area contributed by atoms with Crippen molar-refractivity contribution in [3.8, 4) is 0 Å². The van der Waals surface area contributed by atoms with Gasteiger partial charge in [-0.2, -0.15) is 0 Å². The second-order valence-electron chi connectivity index (χ2n) is 4.32. The maximum absolute atomic E-state index is 12.0. The van der Waals surface area contributed by atoms with Crippen LogP contribution in [-0.2, 0) is 6.54 Å². The largest absolute Gasteiger partial charge is 0.397 e. The van der Waals surface area contributed by atoms with E-state index in [1.807, 2.05) is 25.1 Å². The van der Waals surface area contributed by atoms with E-state index in [4.69, 9.17) is 5.73 Å². The molecule has 1 aromatic heterocycles. The summed E-state index contributed by atoms with van der Waals surface area (Å²) < 4.78 is 0. The molecule has 0 saturated heterocycles. The summed E-state index contributed by atoms with van der Waals surface area (Å²) >= 11 is 1.51.